The summed E-state index contributed by atoms with van der Waals surface area (Å²) in [4.78, 5) is 7.37. The summed E-state index contributed by atoms with van der Waals surface area (Å²) in [6.45, 7) is 7.53. The highest BCUT2D eigenvalue weighted by Crippen LogP contribution is 2.33. The molecule has 0 amide bonds. The van der Waals surface area contributed by atoms with Crippen molar-refractivity contribution >= 4 is 17.3 Å². The number of ether oxygens (including phenoxy) is 1. The van der Waals surface area contributed by atoms with Crippen molar-refractivity contribution in [1.82, 2.24) is 10.6 Å². The molecule has 3 rings (SSSR count). The Morgan fingerprint density at radius 2 is 2.04 bits per heavy atom. The molecule has 140 valence electrons. The number of nitrogens with zero attached hydrogens (tertiary/aromatic N) is 1. The quantitative estimate of drug-likeness (QED) is 0.588. The SMILES string of the molecule is CCNC(=NCc1ccc(C)s1)NCC1CCCOC1c1ccccc1. The van der Waals surface area contributed by atoms with Gasteiger partial charge in [-0.05, 0) is 44.4 Å². The van der Waals surface area contributed by atoms with Crippen molar-refractivity contribution in [2.75, 3.05) is 19.7 Å². The first kappa shape index (κ1) is 18.9. The van der Waals surface area contributed by atoms with Crippen LogP contribution in [0.25, 0.3) is 0 Å². The Kier molecular flexibility index (Phi) is 7.09. The summed E-state index contributed by atoms with van der Waals surface area (Å²) in [6.07, 6.45) is 2.47. The summed E-state index contributed by atoms with van der Waals surface area (Å²) >= 11 is 1.81. The standard InChI is InChI=1S/C21H29N3OS/c1-3-22-21(24-15-19-12-11-16(2)26-19)23-14-18-10-7-13-25-20(18)17-8-5-4-6-9-17/h4-6,8-9,11-12,18,20H,3,7,10,13-15H2,1-2H3,(H2,22,23,24). The Balaban J connectivity index is 1.61. The highest BCUT2D eigenvalue weighted by Gasteiger charge is 2.27. The second-order valence-electron chi connectivity index (χ2n) is 6.69. The van der Waals surface area contributed by atoms with Gasteiger partial charge < -0.3 is 15.4 Å². The molecule has 1 aliphatic rings. The van der Waals surface area contributed by atoms with Gasteiger partial charge in [0.1, 0.15) is 0 Å². The minimum Gasteiger partial charge on any atom is -0.373 e. The lowest BCUT2D eigenvalue weighted by molar-refractivity contribution is -0.0265. The van der Waals surface area contributed by atoms with E-state index in [4.69, 9.17) is 9.73 Å². The average Bonchev–Trinajstić information content (AvgIpc) is 3.10. The fourth-order valence-electron chi connectivity index (χ4n) is 3.36. The third kappa shape index (κ3) is 5.32. The third-order valence-electron chi connectivity index (χ3n) is 4.64. The van der Waals surface area contributed by atoms with Crippen LogP contribution in [0.3, 0.4) is 0 Å². The van der Waals surface area contributed by atoms with Gasteiger partial charge in [0, 0.05) is 35.4 Å². The number of aryl methyl sites for hydroxylation is 1. The predicted octanol–water partition coefficient (Wildman–Crippen LogP) is 4.28. The number of guanidine groups is 1. The second kappa shape index (κ2) is 9.74. The van der Waals surface area contributed by atoms with E-state index in [9.17, 15) is 0 Å². The first-order valence-corrected chi connectivity index (χ1v) is 10.3. The molecule has 0 spiro atoms. The Labute approximate surface area is 160 Å². The summed E-state index contributed by atoms with van der Waals surface area (Å²) in [6, 6.07) is 14.9. The van der Waals surface area contributed by atoms with Crippen molar-refractivity contribution < 1.29 is 4.74 Å². The molecule has 4 nitrogen and oxygen atoms in total. The van der Waals surface area contributed by atoms with Crippen molar-refractivity contribution in [2.45, 2.75) is 39.3 Å². The van der Waals surface area contributed by atoms with E-state index in [1.54, 1.807) is 0 Å². The van der Waals surface area contributed by atoms with Crippen molar-refractivity contribution in [1.29, 1.82) is 0 Å². The fraction of sp³-hybridized carbons (Fsp3) is 0.476. The number of thiophene rings is 1. The van der Waals surface area contributed by atoms with Crippen LogP contribution in [-0.2, 0) is 11.3 Å². The lowest BCUT2D eigenvalue weighted by atomic mass is 9.89. The molecule has 1 aromatic heterocycles. The molecule has 1 aliphatic heterocycles. The van der Waals surface area contributed by atoms with Gasteiger partial charge in [-0.3, -0.25) is 0 Å². The van der Waals surface area contributed by atoms with Crippen molar-refractivity contribution in [3.05, 3.63) is 57.8 Å². The number of hydrogen-bond acceptors (Lipinski definition) is 3. The van der Waals surface area contributed by atoms with Gasteiger partial charge >= 0.3 is 0 Å². The van der Waals surface area contributed by atoms with Crippen LogP contribution < -0.4 is 10.6 Å². The lowest BCUT2D eigenvalue weighted by Gasteiger charge is -2.32. The van der Waals surface area contributed by atoms with E-state index >= 15 is 0 Å². The molecule has 2 aromatic rings. The smallest absolute Gasteiger partial charge is 0.191 e. The van der Waals surface area contributed by atoms with Crippen LogP contribution in [-0.4, -0.2) is 25.7 Å². The number of hydrogen-bond donors (Lipinski definition) is 2. The van der Waals surface area contributed by atoms with Gasteiger partial charge in [0.2, 0.25) is 0 Å². The zero-order valence-electron chi connectivity index (χ0n) is 15.7. The molecule has 5 heteroatoms. The first-order valence-electron chi connectivity index (χ1n) is 9.50. The molecule has 2 N–H and O–H groups in total. The third-order valence-corrected chi connectivity index (χ3v) is 5.62. The topological polar surface area (TPSA) is 45.7 Å². The minimum atomic E-state index is 0.167. The van der Waals surface area contributed by atoms with Crippen LogP contribution in [0.2, 0.25) is 0 Å². The Bertz CT molecular complexity index is 698. The summed E-state index contributed by atoms with van der Waals surface area (Å²) in [5.41, 5.74) is 1.27. The van der Waals surface area contributed by atoms with Crippen LogP contribution in [0.15, 0.2) is 47.5 Å². The Morgan fingerprint density at radius 1 is 1.19 bits per heavy atom. The van der Waals surface area contributed by atoms with E-state index in [0.717, 1.165) is 38.6 Å². The number of nitrogens with one attached hydrogen (secondary N) is 2. The second-order valence-corrected chi connectivity index (χ2v) is 8.07. The number of benzene rings is 1. The van der Waals surface area contributed by atoms with Gasteiger partial charge in [0.25, 0.3) is 0 Å². The summed E-state index contributed by atoms with van der Waals surface area (Å²) in [7, 11) is 0. The van der Waals surface area contributed by atoms with Crippen LogP contribution in [0.5, 0.6) is 0 Å². The fourth-order valence-corrected chi connectivity index (χ4v) is 4.17. The first-order chi connectivity index (χ1) is 12.8. The molecular weight excluding hydrogens is 342 g/mol. The van der Waals surface area contributed by atoms with Gasteiger partial charge in [-0.2, -0.15) is 0 Å². The molecule has 0 radical (unpaired) electrons. The Morgan fingerprint density at radius 3 is 2.77 bits per heavy atom. The predicted molar refractivity (Wildman–Crippen MR) is 110 cm³/mol. The maximum absolute atomic E-state index is 6.10. The molecule has 1 aromatic carbocycles. The molecule has 0 aliphatic carbocycles. The van der Waals surface area contributed by atoms with Gasteiger partial charge in [-0.15, -0.1) is 11.3 Å². The van der Waals surface area contributed by atoms with Gasteiger partial charge in [0.15, 0.2) is 5.96 Å². The van der Waals surface area contributed by atoms with Gasteiger partial charge in [0.05, 0.1) is 12.6 Å². The average molecular weight is 372 g/mol. The molecule has 2 heterocycles. The number of rotatable bonds is 6. The monoisotopic (exact) mass is 371 g/mol. The van der Waals surface area contributed by atoms with Gasteiger partial charge in [-0.25, -0.2) is 4.99 Å². The minimum absolute atomic E-state index is 0.167. The Hall–Kier alpha value is -1.85. The van der Waals surface area contributed by atoms with Crippen LogP contribution in [0, 0.1) is 12.8 Å². The summed E-state index contributed by atoms with van der Waals surface area (Å²) in [5.74, 6) is 1.34. The highest BCUT2D eigenvalue weighted by molar-refractivity contribution is 7.11. The van der Waals surface area contributed by atoms with Crippen LogP contribution in [0.1, 0.15) is 41.2 Å². The van der Waals surface area contributed by atoms with E-state index in [-0.39, 0.29) is 6.10 Å². The van der Waals surface area contributed by atoms with E-state index in [0.29, 0.717) is 5.92 Å². The van der Waals surface area contributed by atoms with E-state index in [2.05, 4.69) is 66.9 Å². The molecule has 1 fully saturated rings. The van der Waals surface area contributed by atoms with Crippen molar-refractivity contribution in [3.63, 3.8) is 0 Å². The molecule has 2 atom stereocenters. The van der Waals surface area contributed by atoms with E-state index < -0.39 is 0 Å². The molecule has 2 unspecified atom stereocenters. The molecule has 26 heavy (non-hydrogen) atoms. The normalized spacial score (nSPS) is 20.8. The largest absolute Gasteiger partial charge is 0.373 e. The summed E-state index contributed by atoms with van der Waals surface area (Å²) < 4.78 is 6.10. The summed E-state index contributed by atoms with van der Waals surface area (Å²) in [5, 5.41) is 6.89. The maximum atomic E-state index is 6.10. The van der Waals surface area contributed by atoms with Crippen molar-refractivity contribution in [2.24, 2.45) is 10.9 Å². The highest BCUT2D eigenvalue weighted by atomic mass is 32.1. The zero-order chi connectivity index (χ0) is 18.2. The van der Waals surface area contributed by atoms with Crippen LogP contribution >= 0.6 is 11.3 Å². The molecule has 0 bridgehead atoms. The van der Waals surface area contributed by atoms with E-state index in [1.807, 2.05) is 11.3 Å². The van der Waals surface area contributed by atoms with Crippen molar-refractivity contribution in [3.8, 4) is 0 Å². The van der Waals surface area contributed by atoms with Gasteiger partial charge in [-0.1, -0.05) is 30.3 Å². The maximum Gasteiger partial charge on any atom is 0.191 e. The number of aliphatic imine (C=N–C) groups is 1. The van der Waals surface area contributed by atoms with Crippen LogP contribution in [0.4, 0.5) is 0 Å². The lowest BCUT2D eigenvalue weighted by Crippen LogP contribution is -2.42. The van der Waals surface area contributed by atoms with E-state index in [1.165, 1.54) is 21.7 Å². The zero-order valence-corrected chi connectivity index (χ0v) is 16.5. The molecule has 1 saturated heterocycles. The molecular formula is C21H29N3OS. The molecule has 0 saturated carbocycles.